The highest BCUT2D eigenvalue weighted by molar-refractivity contribution is 14.1. The van der Waals surface area contributed by atoms with Gasteiger partial charge in [-0.25, -0.2) is 0 Å². The Hall–Kier alpha value is -0.100. The van der Waals surface area contributed by atoms with Gasteiger partial charge in [0, 0.05) is 12.6 Å². The van der Waals surface area contributed by atoms with Crippen LogP contribution in [0.5, 0.6) is 0 Å². The van der Waals surface area contributed by atoms with Gasteiger partial charge in [0.05, 0.1) is 22.0 Å². The Bertz CT molecular complexity index is 294. The lowest BCUT2D eigenvalue weighted by Gasteiger charge is -2.30. The molecule has 1 aliphatic heterocycles. The van der Waals surface area contributed by atoms with Crippen LogP contribution in [0.3, 0.4) is 0 Å². The third-order valence-corrected chi connectivity index (χ3v) is 3.39. The van der Waals surface area contributed by atoms with Crippen molar-refractivity contribution in [1.29, 1.82) is 0 Å². The Morgan fingerprint density at radius 1 is 1.67 bits per heavy atom. The number of aromatic nitrogens is 2. The highest BCUT2D eigenvalue weighted by atomic mass is 127. The van der Waals surface area contributed by atoms with Crippen molar-refractivity contribution in [2.75, 3.05) is 7.05 Å². The van der Waals surface area contributed by atoms with Crippen molar-refractivity contribution in [1.82, 2.24) is 14.7 Å². The smallest absolute Gasteiger partial charge is 0.0658 e. The zero-order valence-corrected chi connectivity index (χ0v) is 9.45. The second-order valence-corrected chi connectivity index (χ2v) is 4.55. The highest BCUT2D eigenvalue weighted by Gasteiger charge is 2.21. The molecular formula is C8H12IN3. The molecule has 0 aliphatic carbocycles. The lowest BCUT2D eigenvalue weighted by molar-refractivity contribution is 0.182. The van der Waals surface area contributed by atoms with Gasteiger partial charge in [-0.3, -0.25) is 9.58 Å². The zero-order chi connectivity index (χ0) is 8.72. The van der Waals surface area contributed by atoms with Crippen LogP contribution in [0.25, 0.3) is 0 Å². The average molecular weight is 277 g/mol. The molecule has 0 bridgehead atoms. The summed E-state index contributed by atoms with van der Waals surface area (Å²) in [6.45, 7) is 4.28. The minimum Gasteiger partial charge on any atom is -0.296 e. The van der Waals surface area contributed by atoms with Gasteiger partial charge in [0.2, 0.25) is 0 Å². The topological polar surface area (TPSA) is 21.1 Å². The van der Waals surface area contributed by atoms with Gasteiger partial charge >= 0.3 is 0 Å². The quantitative estimate of drug-likeness (QED) is 0.667. The maximum Gasteiger partial charge on any atom is 0.0658 e. The summed E-state index contributed by atoms with van der Waals surface area (Å²) in [6.07, 6.45) is 1.95. The zero-order valence-electron chi connectivity index (χ0n) is 7.29. The Labute approximate surface area is 85.9 Å². The van der Waals surface area contributed by atoms with Crippen molar-refractivity contribution >= 4 is 22.6 Å². The highest BCUT2D eigenvalue weighted by Crippen LogP contribution is 2.19. The molecule has 3 nitrogen and oxygen atoms in total. The van der Waals surface area contributed by atoms with E-state index in [9.17, 15) is 0 Å². The standard InChI is InChI=1S/C8H12IN3/c1-6-4-12-8(5-11(6)2)7(9)3-10-12/h3,6H,4-5H2,1-2H3/t6-/m0/s1. The van der Waals surface area contributed by atoms with E-state index in [2.05, 4.69) is 51.2 Å². The first-order chi connectivity index (χ1) is 5.68. The third-order valence-electron chi connectivity index (χ3n) is 2.49. The van der Waals surface area contributed by atoms with Crippen molar-refractivity contribution in [3.8, 4) is 0 Å². The van der Waals surface area contributed by atoms with Gasteiger partial charge in [0.1, 0.15) is 0 Å². The molecule has 4 heteroatoms. The summed E-state index contributed by atoms with van der Waals surface area (Å²) in [6, 6.07) is 0.605. The number of likely N-dealkylation sites (N-methyl/N-ethyl adjacent to an activating group) is 1. The summed E-state index contributed by atoms with van der Waals surface area (Å²) in [7, 11) is 2.16. The molecule has 0 saturated carbocycles. The lowest BCUT2D eigenvalue weighted by atomic mass is 10.2. The van der Waals surface area contributed by atoms with Crippen LogP contribution in [0.4, 0.5) is 0 Å². The van der Waals surface area contributed by atoms with Crippen LogP contribution in [0, 0.1) is 3.57 Å². The van der Waals surface area contributed by atoms with E-state index in [1.807, 2.05) is 6.20 Å². The number of nitrogens with zero attached hydrogens (tertiary/aromatic N) is 3. The van der Waals surface area contributed by atoms with Crippen molar-refractivity contribution < 1.29 is 0 Å². The van der Waals surface area contributed by atoms with Crippen LogP contribution < -0.4 is 0 Å². The maximum absolute atomic E-state index is 4.32. The van der Waals surface area contributed by atoms with Gasteiger partial charge in [-0.15, -0.1) is 0 Å². The van der Waals surface area contributed by atoms with E-state index < -0.39 is 0 Å². The SMILES string of the molecule is C[C@H]1Cn2ncc(I)c2CN1C. The number of fused-ring (bicyclic) bond motifs is 1. The van der Waals surface area contributed by atoms with Crippen molar-refractivity contribution in [2.45, 2.75) is 26.1 Å². The number of halogens is 1. The van der Waals surface area contributed by atoms with Crippen molar-refractivity contribution in [3.63, 3.8) is 0 Å². The van der Waals surface area contributed by atoms with Gasteiger partial charge < -0.3 is 0 Å². The van der Waals surface area contributed by atoms with E-state index in [0.29, 0.717) is 6.04 Å². The van der Waals surface area contributed by atoms with Gasteiger partial charge in [0.15, 0.2) is 0 Å². The molecule has 2 heterocycles. The van der Waals surface area contributed by atoms with Crippen LogP contribution in [0.2, 0.25) is 0 Å². The largest absolute Gasteiger partial charge is 0.296 e. The molecule has 1 aromatic rings. The molecule has 0 aromatic carbocycles. The molecule has 0 N–H and O–H groups in total. The van der Waals surface area contributed by atoms with Crippen LogP contribution in [-0.2, 0) is 13.1 Å². The molecule has 0 radical (unpaired) electrons. The first-order valence-electron chi connectivity index (χ1n) is 4.09. The number of hydrogen-bond donors (Lipinski definition) is 0. The molecule has 0 unspecified atom stereocenters. The fourth-order valence-corrected chi connectivity index (χ4v) is 2.06. The lowest BCUT2D eigenvalue weighted by Crippen LogP contribution is -2.38. The van der Waals surface area contributed by atoms with Crippen LogP contribution in [0.1, 0.15) is 12.6 Å². The van der Waals surface area contributed by atoms with Gasteiger partial charge in [0.25, 0.3) is 0 Å². The Morgan fingerprint density at radius 2 is 2.42 bits per heavy atom. The second kappa shape index (κ2) is 2.99. The van der Waals surface area contributed by atoms with Crippen LogP contribution in [0.15, 0.2) is 6.20 Å². The summed E-state index contributed by atoms with van der Waals surface area (Å²) in [5, 5.41) is 4.32. The Morgan fingerprint density at radius 3 is 3.17 bits per heavy atom. The molecule has 66 valence electrons. The fraction of sp³-hybridized carbons (Fsp3) is 0.625. The minimum absolute atomic E-state index is 0.605. The monoisotopic (exact) mass is 277 g/mol. The van der Waals surface area contributed by atoms with E-state index in [1.54, 1.807) is 0 Å². The predicted octanol–water partition coefficient (Wildman–Crippen LogP) is 1.32. The first-order valence-corrected chi connectivity index (χ1v) is 5.17. The molecule has 0 saturated heterocycles. The van der Waals surface area contributed by atoms with E-state index in [4.69, 9.17) is 0 Å². The van der Waals surface area contributed by atoms with E-state index in [0.717, 1.165) is 13.1 Å². The van der Waals surface area contributed by atoms with Gasteiger partial charge in [-0.2, -0.15) is 5.10 Å². The van der Waals surface area contributed by atoms with Crippen LogP contribution >= 0.6 is 22.6 Å². The summed E-state index contributed by atoms with van der Waals surface area (Å²) < 4.78 is 3.40. The number of hydrogen-bond acceptors (Lipinski definition) is 2. The molecule has 1 aliphatic rings. The predicted molar refractivity (Wildman–Crippen MR) is 55.9 cm³/mol. The molecule has 0 amide bonds. The third kappa shape index (κ3) is 1.26. The average Bonchev–Trinajstić information content (AvgIpc) is 2.35. The summed E-state index contributed by atoms with van der Waals surface area (Å²) >= 11 is 2.35. The first kappa shape index (κ1) is 8.50. The van der Waals surface area contributed by atoms with Crippen molar-refractivity contribution in [3.05, 3.63) is 15.5 Å². The molecular weight excluding hydrogens is 265 g/mol. The molecule has 1 aromatic heterocycles. The summed E-state index contributed by atoms with van der Waals surface area (Å²) in [5.74, 6) is 0. The summed E-state index contributed by atoms with van der Waals surface area (Å²) in [4.78, 5) is 2.36. The second-order valence-electron chi connectivity index (χ2n) is 3.39. The molecule has 2 rings (SSSR count). The number of rotatable bonds is 0. The van der Waals surface area contributed by atoms with Gasteiger partial charge in [-0.05, 0) is 36.6 Å². The summed E-state index contributed by atoms with van der Waals surface area (Å²) in [5.41, 5.74) is 1.36. The minimum atomic E-state index is 0.605. The van der Waals surface area contributed by atoms with E-state index >= 15 is 0 Å². The normalized spacial score (nSPS) is 24.1. The maximum atomic E-state index is 4.32. The molecule has 12 heavy (non-hydrogen) atoms. The van der Waals surface area contributed by atoms with E-state index in [-0.39, 0.29) is 0 Å². The molecule has 0 fully saturated rings. The fourth-order valence-electron chi connectivity index (χ4n) is 1.48. The van der Waals surface area contributed by atoms with Crippen molar-refractivity contribution in [2.24, 2.45) is 0 Å². The molecule has 0 spiro atoms. The van der Waals surface area contributed by atoms with Crippen LogP contribution in [-0.4, -0.2) is 27.8 Å². The Balaban J connectivity index is 2.36. The Kier molecular flexibility index (Phi) is 2.12. The molecule has 1 atom stereocenters. The van der Waals surface area contributed by atoms with Gasteiger partial charge in [-0.1, -0.05) is 0 Å². The van der Waals surface area contributed by atoms with E-state index in [1.165, 1.54) is 9.26 Å².